The number of ether oxygens (including phenoxy) is 1. The zero-order valence-electron chi connectivity index (χ0n) is 13.8. The van der Waals surface area contributed by atoms with Crippen LogP contribution in [0.2, 0.25) is 0 Å². The van der Waals surface area contributed by atoms with Gasteiger partial charge in [-0.3, -0.25) is 4.79 Å². The molecular formula is C17H17N5O3. The molecule has 1 aromatic carbocycles. The van der Waals surface area contributed by atoms with Gasteiger partial charge in [0.05, 0.1) is 7.11 Å². The molecule has 2 N–H and O–H groups in total. The van der Waals surface area contributed by atoms with Gasteiger partial charge in [-0.1, -0.05) is 17.3 Å². The summed E-state index contributed by atoms with van der Waals surface area (Å²) in [5.41, 5.74) is 1.27. The Labute approximate surface area is 144 Å². The molecule has 0 bridgehead atoms. The average molecular weight is 339 g/mol. The minimum Gasteiger partial charge on any atom is -0.497 e. The van der Waals surface area contributed by atoms with E-state index >= 15 is 0 Å². The molecule has 0 spiro atoms. The maximum Gasteiger partial charge on any atom is 0.277 e. The van der Waals surface area contributed by atoms with Gasteiger partial charge in [-0.05, 0) is 36.8 Å². The Bertz CT molecular complexity index is 843. The molecule has 25 heavy (non-hydrogen) atoms. The molecule has 2 aromatic heterocycles. The molecule has 2 heterocycles. The number of aromatic nitrogens is 3. The first-order chi connectivity index (χ1) is 12.1. The van der Waals surface area contributed by atoms with Crippen LogP contribution in [0.1, 0.15) is 21.8 Å². The summed E-state index contributed by atoms with van der Waals surface area (Å²) in [6.07, 6.45) is 0. The van der Waals surface area contributed by atoms with E-state index in [0.717, 1.165) is 11.3 Å². The van der Waals surface area contributed by atoms with Crippen molar-refractivity contribution in [2.24, 2.45) is 0 Å². The first-order valence-electron chi connectivity index (χ1n) is 7.59. The van der Waals surface area contributed by atoms with Gasteiger partial charge in [0, 0.05) is 12.6 Å². The Morgan fingerprint density at radius 1 is 1.12 bits per heavy atom. The SMILES string of the molecule is COc1ccc(CNc2ccc(C(=O)Nc3cc(C)on3)nn2)cc1. The summed E-state index contributed by atoms with van der Waals surface area (Å²) in [6, 6.07) is 12.6. The summed E-state index contributed by atoms with van der Waals surface area (Å²) >= 11 is 0. The molecule has 1 amide bonds. The molecular weight excluding hydrogens is 322 g/mol. The van der Waals surface area contributed by atoms with E-state index in [1.807, 2.05) is 24.3 Å². The van der Waals surface area contributed by atoms with Crippen LogP contribution in [-0.2, 0) is 6.54 Å². The first-order valence-corrected chi connectivity index (χ1v) is 7.59. The van der Waals surface area contributed by atoms with Crippen LogP contribution < -0.4 is 15.4 Å². The molecule has 8 nitrogen and oxygen atoms in total. The number of hydrogen-bond acceptors (Lipinski definition) is 7. The summed E-state index contributed by atoms with van der Waals surface area (Å²) < 4.78 is 10.0. The van der Waals surface area contributed by atoms with Crippen molar-refractivity contribution in [2.75, 3.05) is 17.7 Å². The van der Waals surface area contributed by atoms with Crippen LogP contribution >= 0.6 is 0 Å². The van der Waals surface area contributed by atoms with Gasteiger partial charge in [0.15, 0.2) is 11.5 Å². The van der Waals surface area contributed by atoms with Crippen molar-refractivity contribution in [3.05, 3.63) is 59.5 Å². The van der Waals surface area contributed by atoms with E-state index < -0.39 is 5.91 Å². The molecule has 3 rings (SSSR count). The predicted octanol–water partition coefficient (Wildman–Crippen LogP) is 2.65. The third-order valence-electron chi connectivity index (χ3n) is 3.40. The summed E-state index contributed by atoms with van der Waals surface area (Å²) in [6.45, 7) is 2.33. The molecule has 0 aliphatic heterocycles. The third kappa shape index (κ3) is 4.31. The van der Waals surface area contributed by atoms with Crippen LogP contribution in [0.15, 0.2) is 47.0 Å². The smallest absolute Gasteiger partial charge is 0.277 e. The van der Waals surface area contributed by atoms with Crippen molar-refractivity contribution in [2.45, 2.75) is 13.5 Å². The minimum atomic E-state index is -0.400. The molecule has 128 valence electrons. The number of anilines is 2. The zero-order chi connectivity index (χ0) is 17.6. The molecule has 0 saturated heterocycles. The predicted molar refractivity (Wildman–Crippen MR) is 91.5 cm³/mol. The van der Waals surface area contributed by atoms with Crippen LogP contribution in [-0.4, -0.2) is 28.4 Å². The monoisotopic (exact) mass is 339 g/mol. The van der Waals surface area contributed by atoms with E-state index in [0.29, 0.717) is 23.9 Å². The number of carbonyl (C=O) groups is 1. The largest absolute Gasteiger partial charge is 0.497 e. The molecule has 0 atom stereocenters. The Kier molecular flexibility index (Phi) is 4.89. The van der Waals surface area contributed by atoms with E-state index in [2.05, 4.69) is 26.0 Å². The van der Waals surface area contributed by atoms with Crippen molar-refractivity contribution < 1.29 is 14.1 Å². The van der Waals surface area contributed by atoms with Gasteiger partial charge in [-0.15, -0.1) is 10.2 Å². The highest BCUT2D eigenvalue weighted by molar-refractivity contribution is 6.02. The fourth-order valence-corrected chi connectivity index (χ4v) is 2.09. The number of hydrogen-bond donors (Lipinski definition) is 2. The van der Waals surface area contributed by atoms with Crippen molar-refractivity contribution in [3.63, 3.8) is 0 Å². The second-order valence-electron chi connectivity index (χ2n) is 5.28. The van der Waals surface area contributed by atoms with Crippen LogP contribution in [0.25, 0.3) is 0 Å². The van der Waals surface area contributed by atoms with Gasteiger partial charge in [0.25, 0.3) is 5.91 Å². The molecule has 0 radical (unpaired) electrons. The van der Waals surface area contributed by atoms with Crippen molar-refractivity contribution in [1.29, 1.82) is 0 Å². The number of aryl methyl sites for hydroxylation is 1. The lowest BCUT2D eigenvalue weighted by Crippen LogP contribution is -2.15. The molecule has 8 heteroatoms. The number of methoxy groups -OCH3 is 1. The summed E-state index contributed by atoms with van der Waals surface area (Å²) in [4.78, 5) is 12.0. The lowest BCUT2D eigenvalue weighted by atomic mass is 10.2. The summed E-state index contributed by atoms with van der Waals surface area (Å²) in [5, 5.41) is 17.4. The van der Waals surface area contributed by atoms with E-state index in [1.54, 1.807) is 32.2 Å². The first kappa shape index (κ1) is 16.4. The van der Waals surface area contributed by atoms with E-state index in [4.69, 9.17) is 9.26 Å². The normalized spacial score (nSPS) is 10.3. The van der Waals surface area contributed by atoms with Gasteiger partial charge in [-0.2, -0.15) is 0 Å². The quantitative estimate of drug-likeness (QED) is 0.711. The Morgan fingerprint density at radius 2 is 1.92 bits per heavy atom. The fraction of sp³-hybridized carbons (Fsp3) is 0.176. The molecule has 0 fully saturated rings. The molecule has 3 aromatic rings. The number of carbonyl (C=O) groups excluding carboxylic acids is 1. The highest BCUT2D eigenvalue weighted by Gasteiger charge is 2.11. The van der Waals surface area contributed by atoms with Crippen molar-refractivity contribution in [3.8, 4) is 5.75 Å². The summed E-state index contributed by atoms with van der Waals surface area (Å²) in [7, 11) is 1.63. The maximum absolute atomic E-state index is 12.0. The Morgan fingerprint density at radius 3 is 2.52 bits per heavy atom. The van der Waals surface area contributed by atoms with Gasteiger partial charge in [0.2, 0.25) is 0 Å². The van der Waals surface area contributed by atoms with Gasteiger partial charge < -0.3 is 19.9 Å². The lowest BCUT2D eigenvalue weighted by Gasteiger charge is -2.06. The third-order valence-corrected chi connectivity index (χ3v) is 3.40. The minimum absolute atomic E-state index is 0.190. The average Bonchev–Trinajstić information content (AvgIpc) is 3.05. The molecule has 0 saturated carbocycles. The van der Waals surface area contributed by atoms with E-state index in [1.165, 1.54) is 0 Å². The number of benzene rings is 1. The van der Waals surface area contributed by atoms with Crippen LogP contribution in [0.3, 0.4) is 0 Å². The standard InChI is InChI=1S/C17H17N5O3/c1-11-9-16(22-25-11)19-17(23)14-7-8-15(21-20-14)18-10-12-3-5-13(24-2)6-4-12/h3-9H,10H2,1-2H3,(H,18,21)(H,19,22,23). The van der Waals surface area contributed by atoms with E-state index in [-0.39, 0.29) is 5.69 Å². The van der Waals surface area contributed by atoms with Gasteiger partial charge in [-0.25, -0.2) is 0 Å². The molecule has 0 aliphatic carbocycles. The topological polar surface area (TPSA) is 102 Å². The second kappa shape index (κ2) is 7.43. The Balaban J connectivity index is 1.56. The number of nitrogens with zero attached hydrogens (tertiary/aromatic N) is 3. The van der Waals surface area contributed by atoms with Gasteiger partial charge >= 0.3 is 0 Å². The molecule has 0 aliphatic rings. The molecule has 0 unspecified atom stereocenters. The highest BCUT2D eigenvalue weighted by atomic mass is 16.5. The fourth-order valence-electron chi connectivity index (χ4n) is 2.09. The summed E-state index contributed by atoms with van der Waals surface area (Å²) in [5.74, 6) is 1.93. The second-order valence-corrected chi connectivity index (χ2v) is 5.28. The zero-order valence-corrected chi connectivity index (χ0v) is 13.8. The number of amides is 1. The Hall–Kier alpha value is -3.42. The van der Waals surface area contributed by atoms with Crippen molar-refractivity contribution >= 4 is 17.5 Å². The van der Waals surface area contributed by atoms with Crippen molar-refractivity contribution in [1.82, 2.24) is 15.4 Å². The number of rotatable bonds is 6. The van der Waals surface area contributed by atoms with Crippen LogP contribution in [0.5, 0.6) is 5.75 Å². The maximum atomic E-state index is 12.0. The van der Waals surface area contributed by atoms with Crippen LogP contribution in [0.4, 0.5) is 11.6 Å². The highest BCUT2D eigenvalue weighted by Crippen LogP contribution is 2.13. The van der Waals surface area contributed by atoms with Crippen LogP contribution in [0, 0.1) is 6.92 Å². The lowest BCUT2D eigenvalue weighted by molar-refractivity contribution is 0.102. The van der Waals surface area contributed by atoms with E-state index in [9.17, 15) is 4.79 Å². The number of nitrogens with one attached hydrogen (secondary N) is 2. The van der Waals surface area contributed by atoms with Gasteiger partial charge in [0.1, 0.15) is 17.3 Å².